The number of anilines is 1. The third-order valence-corrected chi connectivity index (χ3v) is 7.28. The molecule has 1 aliphatic rings. The average molecular weight is 412 g/mol. The van der Waals surface area contributed by atoms with Crippen molar-refractivity contribution in [3.8, 4) is 17.0 Å². The first-order chi connectivity index (χ1) is 14.0. The highest BCUT2D eigenvalue weighted by Crippen LogP contribution is 2.31. The maximum Gasteiger partial charge on any atom is 0.213 e. The summed E-state index contributed by atoms with van der Waals surface area (Å²) < 4.78 is 31.2. The Balaban J connectivity index is 1.70. The molecule has 0 atom stereocenters. The van der Waals surface area contributed by atoms with Crippen LogP contribution in [0.25, 0.3) is 22.0 Å². The van der Waals surface area contributed by atoms with Crippen LogP contribution in [0.15, 0.2) is 54.6 Å². The smallest absolute Gasteiger partial charge is 0.213 e. The molecule has 0 amide bonds. The molecule has 2 aromatic carbocycles. The standard InChI is InChI=1S/C22H25N3O3S/c1-3-29(26,27)25-14-12-24(13-15-25)22-20-7-5-4-6-18(20)16-21(23-22)17-8-10-19(28-2)11-9-17/h4-11,16H,3,12-15H2,1-2H3. The Hall–Kier alpha value is -2.64. The van der Waals surface area contributed by atoms with Crippen molar-refractivity contribution in [1.29, 1.82) is 0 Å². The number of benzene rings is 2. The highest BCUT2D eigenvalue weighted by atomic mass is 32.2. The Morgan fingerprint density at radius 2 is 1.69 bits per heavy atom. The minimum atomic E-state index is -3.15. The molecule has 0 aliphatic carbocycles. The van der Waals surface area contributed by atoms with E-state index >= 15 is 0 Å². The summed E-state index contributed by atoms with van der Waals surface area (Å²) in [7, 11) is -1.50. The second-order valence-corrected chi connectivity index (χ2v) is 9.32. The second kappa shape index (κ2) is 8.00. The van der Waals surface area contributed by atoms with E-state index in [1.165, 1.54) is 0 Å². The van der Waals surface area contributed by atoms with Crippen molar-refractivity contribution in [2.24, 2.45) is 0 Å². The molecule has 0 N–H and O–H groups in total. The number of ether oxygens (including phenoxy) is 1. The number of piperazine rings is 1. The number of methoxy groups -OCH3 is 1. The van der Waals surface area contributed by atoms with E-state index in [1.54, 1.807) is 18.3 Å². The van der Waals surface area contributed by atoms with Gasteiger partial charge in [-0.3, -0.25) is 0 Å². The number of sulfonamides is 1. The van der Waals surface area contributed by atoms with E-state index in [0.717, 1.165) is 33.6 Å². The summed E-state index contributed by atoms with van der Waals surface area (Å²) in [5.41, 5.74) is 1.91. The predicted octanol–water partition coefficient (Wildman–Crippen LogP) is 3.38. The van der Waals surface area contributed by atoms with E-state index in [9.17, 15) is 8.42 Å². The largest absolute Gasteiger partial charge is 0.497 e. The summed E-state index contributed by atoms with van der Waals surface area (Å²) >= 11 is 0. The molecule has 2 heterocycles. The van der Waals surface area contributed by atoms with Gasteiger partial charge in [0.1, 0.15) is 11.6 Å². The first-order valence-electron chi connectivity index (χ1n) is 9.79. The number of rotatable bonds is 5. The zero-order valence-electron chi connectivity index (χ0n) is 16.7. The molecule has 1 saturated heterocycles. The van der Waals surface area contributed by atoms with E-state index in [1.807, 2.05) is 36.4 Å². The van der Waals surface area contributed by atoms with Gasteiger partial charge in [0, 0.05) is 37.1 Å². The average Bonchev–Trinajstić information content (AvgIpc) is 2.78. The van der Waals surface area contributed by atoms with Gasteiger partial charge in [-0.15, -0.1) is 0 Å². The van der Waals surface area contributed by atoms with Gasteiger partial charge >= 0.3 is 0 Å². The lowest BCUT2D eigenvalue weighted by molar-refractivity contribution is 0.385. The van der Waals surface area contributed by atoms with Crippen molar-refractivity contribution in [2.75, 3.05) is 43.9 Å². The highest BCUT2D eigenvalue weighted by Gasteiger charge is 2.27. The van der Waals surface area contributed by atoms with E-state index in [0.29, 0.717) is 26.2 Å². The molecule has 7 heteroatoms. The Labute approximate surface area is 171 Å². The van der Waals surface area contributed by atoms with Crippen LogP contribution >= 0.6 is 0 Å². The van der Waals surface area contributed by atoms with Gasteiger partial charge in [-0.05, 0) is 42.6 Å². The summed E-state index contributed by atoms with van der Waals surface area (Å²) in [4.78, 5) is 7.17. The fourth-order valence-corrected chi connectivity index (χ4v) is 4.78. The molecule has 29 heavy (non-hydrogen) atoms. The monoisotopic (exact) mass is 411 g/mol. The summed E-state index contributed by atoms with van der Waals surface area (Å²) in [6.07, 6.45) is 0. The van der Waals surface area contributed by atoms with Gasteiger partial charge in [0.2, 0.25) is 10.0 Å². The molecule has 6 nitrogen and oxygen atoms in total. The SMILES string of the molecule is CCS(=O)(=O)N1CCN(c2nc(-c3ccc(OC)cc3)cc3ccccc23)CC1. The Morgan fingerprint density at radius 1 is 1.00 bits per heavy atom. The summed E-state index contributed by atoms with van der Waals surface area (Å²) in [6.45, 7) is 3.91. The van der Waals surface area contributed by atoms with Crippen LogP contribution in [-0.2, 0) is 10.0 Å². The van der Waals surface area contributed by atoms with Crippen molar-refractivity contribution in [3.05, 3.63) is 54.6 Å². The normalized spacial score (nSPS) is 15.6. The minimum absolute atomic E-state index is 0.140. The number of fused-ring (bicyclic) bond motifs is 1. The van der Waals surface area contributed by atoms with E-state index in [2.05, 4.69) is 23.1 Å². The Kier molecular flexibility index (Phi) is 5.43. The van der Waals surface area contributed by atoms with Crippen molar-refractivity contribution >= 4 is 26.6 Å². The maximum absolute atomic E-state index is 12.2. The number of hydrogen-bond donors (Lipinski definition) is 0. The second-order valence-electron chi connectivity index (χ2n) is 7.07. The predicted molar refractivity (Wildman–Crippen MR) is 117 cm³/mol. The van der Waals surface area contributed by atoms with Crippen LogP contribution in [0.1, 0.15) is 6.92 Å². The van der Waals surface area contributed by atoms with Crippen LogP contribution in [0.5, 0.6) is 5.75 Å². The molecular formula is C22H25N3O3S. The van der Waals surface area contributed by atoms with Crippen LogP contribution < -0.4 is 9.64 Å². The van der Waals surface area contributed by atoms with E-state index in [-0.39, 0.29) is 5.75 Å². The highest BCUT2D eigenvalue weighted by molar-refractivity contribution is 7.89. The van der Waals surface area contributed by atoms with Gasteiger partial charge in [0.25, 0.3) is 0 Å². The van der Waals surface area contributed by atoms with E-state index in [4.69, 9.17) is 9.72 Å². The fraction of sp³-hybridized carbons (Fsp3) is 0.318. The molecule has 0 unspecified atom stereocenters. The van der Waals surface area contributed by atoms with E-state index < -0.39 is 10.0 Å². The molecular weight excluding hydrogens is 386 g/mol. The van der Waals surface area contributed by atoms with Crippen molar-refractivity contribution < 1.29 is 13.2 Å². The summed E-state index contributed by atoms with van der Waals surface area (Å²) in [6, 6.07) is 18.2. The lowest BCUT2D eigenvalue weighted by Crippen LogP contribution is -2.49. The third-order valence-electron chi connectivity index (χ3n) is 5.40. The van der Waals surface area contributed by atoms with Crippen LogP contribution in [-0.4, -0.2) is 56.7 Å². The summed E-state index contributed by atoms with van der Waals surface area (Å²) in [5, 5.41) is 2.20. The van der Waals surface area contributed by atoms with Gasteiger partial charge in [0.15, 0.2) is 0 Å². The number of aromatic nitrogens is 1. The van der Waals surface area contributed by atoms with Gasteiger partial charge in [0.05, 0.1) is 18.6 Å². The quantitative estimate of drug-likeness (QED) is 0.644. The third kappa shape index (κ3) is 3.93. The van der Waals surface area contributed by atoms with Gasteiger partial charge in [-0.25, -0.2) is 13.4 Å². The Bertz CT molecular complexity index is 1110. The molecule has 4 rings (SSSR count). The first kappa shape index (κ1) is 19.7. The zero-order valence-corrected chi connectivity index (χ0v) is 17.5. The molecule has 0 radical (unpaired) electrons. The summed E-state index contributed by atoms with van der Waals surface area (Å²) in [5.74, 6) is 1.85. The van der Waals surface area contributed by atoms with Gasteiger partial charge < -0.3 is 9.64 Å². The minimum Gasteiger partial charge on any atom is -0.497 e. The van der Waals surface area contributed by atoms with Crippen LogP contribution in [0, 0.1) is 0 Å². The lowest BCUT2D eigenvalue weighted by Gasteiger charge is -2.35. The molecule has 1 aliphatic heterocycles. The van der Waals surface area contributed by atoms with Crippen molar-refractivity contribution in [2.45, 2.75) is 6.92 Å². The molecule has 1 aromatic heterocycles. The molecule has 0 spiro atoms. The molecule has 152 valence electrons. The number of nitrogens with zero attached hydrogens (tertiary/aromatic N) is 3. The van der Waals surface area contributed by atoms with Crippen molar-refractivity contribution in [3.63, 3.8) is 0 Å². The van der Waals surface area contributed by atoms with Crippen LogP contribution in [0.4, 0.5) is 5.82 Å². The van der Waals surface area contributed by atoms with Gasteiger partial charge in [-0.2, -0.15) is 4.31 Å². The molecule has 1 fully saturated rings. The molecule has 3 aromatic rings. The number of pyridine rings is 1. The fourth-order valence-electron chi connectivity index (χ4n) is 3.69. The van der Waals surface area contributed by atoms with Crippen molar-refractivity contribution in [1.82, 2.24) is 9.29 Å². The Morgan fingerprint density at radius 3 is 2.34 bits per heavy atom. The topological polar surface area (TPSA) is 62.7 Å². The maximum atomic E-state index is 12.2. The number of hydrogen-bond acceptors (Lipinski definition) is 5. The van der Waals surface area contributed by atoms with Crippen LogP contribution in [0.3, 0.4) is 0 Å². The van der Waals surface area contributed by atoms with Crippen LogP contribution in [0.2, 0.25) is 0 Å². The lowest BCUT2D eigenvalue weighted by atomic mass is 10.1. The van der Waals surface area contributed by atoms with Gasteiger partial charge in [-0.1, -0.05) is 24.3 Å². The zero-order chi connectivity index (χ0) is 20.4. The molecule has 0 bridgehead atoms. The first-order valence-corrected chi connectivity index (χ1v) is 11.4. The molecule has 0 saturated carbocycles.